The number of carbonyl (C=O) groups is 1. The first kappa shape index (κ1) is 21.2. The molecule has 0 aliphatic heterocycles. The molecule has 4 aromatic rings. The number of hydrogen-bond donors (Lipinski definition) is 0. The third-order valence-electron chi connectivity index (χ3n) is 5.36. The standard InChI is InChI=1S/C25H28N4OS/c1-18-6-11-21-22(16-18)31-24(27-21)29(14-5-13-28-15-12-26-17-28)23(30)19-7-9-20(10-8-19)25(2,3)4/h6-12,15-17H,5,13-14H2,1-4H3. The number of thiazole rings is 1. The summed E-state index contributed by atoms with van der Waals surface area (Å²) >= 11 is 1.57. The van der Waals surface area contributed by atoms with E-state index in [4.69, 9.17) is 4.98 Å². The summed E-state index contributed by atoms with van der Waals surface area (Å²) in [5, 5.41) is 0.746. The van der Waals surface area contributed by atoms with Crippen LogP contribution in [0.25, 0.3) is 10.2 Å². The van der Waals surface area contributed by atoms with E-state index in [1.807, 2.05) is 33.9 Å². The second kappa shape index (κ2) is 8.63. The van der Waals surface area contributed by atoms with Gasteiger partial charge in [0.25, 0.3) is 5.91 Å². The summed E-state index contributed by atoms with van der Waals surface area (Å²) in [6.07, 6.45) is 6.34. The number of amides is 1. The molecule has 0 aliphatic rings. The van der Waals surface area contributed by atoms with Crippen molar-refractivity contribution in [1.29, 1.82) is 0 Å². The molecule has 0 spiro atoms. The molecule has 0 radical (unpaired) electrons. The van der Waals surface area contributed by atoms with Crippen molar-refractivity contribution in [2.24, 2.45) is 0 Å². The minimum atomic E-state index is -0.0122. The smallest absolute Gasteiger partial charge is 0.260 e. The molecular weight excluding hydrogens is 404 g/mol. The third-order valence-corrected chi connectivity index (χ3v) is 6.40. The largest absolute Gasteiger partial charge is 0.337 e. The minimum absolute atomic E-state index is 0.0122. The number of imidazole rings is 1. The monoisotopic (exact) mass is 432 g/mol. The lowest BCUT2D eigenvalue weighted by Gasteiger charge is -2.22. The van der Waals surface area contributed by atoms with Crippen LogP contribution in [0.3, 0.4) is 0 Å². The van der Waals surface area contributed by atoms with Crippen LogP contribution in [0.15, 0.2) is 61.2 Å². The Morgan fingerprint density at radius 3 is 2.58 bits per heavy atom. The average molecular weight is 433 g/mol. The van der Waals surface area contributed by atoms with E-state index >= 15 is 0 Å². The van der Waals surface area contributed by atoms with E-state index in [2.05, 4.69) is 56.9 Å². The van der Waals surface area contributed by atoms with Crippen LogP contribution in [0.5, 0.6) is 0 Å². The van der Waals surface area contributed by atoms with Gasteiger partial charge in [0, 0.05) is 31.0 Å². The van der Waals surface area contributed by atoms with Gasteiger partial charge in [0.05, 0.1) is 16.5 Å². The molecule has 6 heteroatoms. The van der Waals surface area contributed by atoms with Crippen LogP contribution in [0.1, 0.15) is 48.7 Å². The van der Waals surface area contributed by atoms with Gasteiger partial charge in [-0.3, -0.25) is 9.69 Å². The predicted octanol–water partition coefficient (Wildman–Crippen LogP) is 5.84. The maximum Gasteiger partial charge on any atom is 0.260 e. The van der Waals surface area contributed by atoms with E-state index < -0.39 is 0 Å². The van der Waals surface area contributed by atoms with Gasteiger partial charge >= 0.3 is 0 Å². The summed E-state index contributed by atoms with van der Waals surface area (Å²) < 4.78 is 3.13. The summed E-state index contributed by atoms with van der Waals surface area (Å²) in [7, 11) is 0. The molecule has 1 amide bonds. The number of carbonyl (C=O) groups excluding carboxylic acids is 1. The lowest BCUT2D eigenvalue weighted by Crippen LogP contribution is -2.32. The van der Waals surface area contributed by atoms with Crippen molar-refractivity contribution in [2.45, 2.75) is 46.1 Å². The van der Waals surface area contributed by atoms with Crippen molar-refractivity contribution in [1.82, 2.24) is 14.5 Å². The molecule has 0 unspecified atom stereocenters. The van der Waals surface area contributed by atoms with Crippen LogP contribution in [0.4, 0.5) is 5.13 Å². The molecule has 2 heterocycles. The van der Waals surface area contributed by atoms with Gasteiger partial charge in [0.2, 0.25) is 0 Å². The Labute approximate surface area is 187 Å². The zero-order chi connectivity index (χ0) is 22.0. The van der Waals surface area contributed by atoms with Crippen LogP contribution in [-0.4, -0.2) is 27.0 Å². The van der Waals surface area contributed by atoms with Crippen LogP contribution >= 0.6 is 11.3 Å². The topological polar surface area (TPSA) is 51.0 Å². The quantitative estimate of drug-likeness (QED) is 0.385. The predicted molar refractivity (Wildman–Crippen MR) is 128 cm³/mol. The number of rotatable bonds is 6. The molecule has 0 saturated carbocycles. The molecule has 0 aliphatic carbocycles. The van der Waals surface area contributed by atoms with Gasteiger partial charge in [-0.15, -0.1) is 0 Å². The van der Waals surface area contributed by atoms with Crippen LogP contribution in [0.2, 0.25) is 0 Å². The Hall–Kier alpha value is -2.99. The van der Waals surface area contributed by atoms with E-state index in [1.165, 1.54) is 11.1 Å². The molecule has 5 nitrogen and oxygen atoms in total. The maximum atomic E-state index is 13.5. The fourth-order valence-corrected chi connectivity index (χ4v) is 4.61. The van der Waals surface area contributed by atoms with E-state index in [1.54, 1.807) is 23.9 Å². The Morgan fingerprint density at radius 1 is 1.13 bits per heavy atom. The zero-order valence-corrected chi connectivity index (χ0v) is 19.3. The van der Waals surface area contributed by atoms with Crippen molar-refractivity contribution in [3.05, 3.63) is 77.9 Å². The van der Waals surface area contributed by atoms with Crippen LogP contribution < -0.4 is 4.90 Å². The van der Waals surface area contributed by atoms with Crippen molar-refractivity contribution in [3.63, 3.8) is 0 Å². The molecule has 2 aromatic carbocycles. The second-order valence-electron chi connectivity index (χ2n) is 8.91. The zero-order valence-electron chi connectivity index (χ0n) is 18.5. The number of aryl methyl sites for hydroxylation is 2. The summed E-state index contributed by atoms with van der Waals surface area (Å²) in [6.45, 7) is 10.00. The molecule has 4 rings (SSSR count). The van der Waals surface area contributed by atoms with Crippen LogP contribution in [0, 0.1) is 6.92 Å². The highest BCUT2D eigenvalue weighted by Gasteiger charge is 2.22. The van der Waals surface area contributed by atoms with Gasteiger partial charge in [-0.1, -0.05) is 50.3 Å². The molecule has 160 valence electrons. The highest BCUT2D eigenvalue weighted by atomic mass is 32.1. The normalized spacial score (nSPS) is 11.7. The number of hydrogen-bond acceptors (Lipinski definition) is 4. The fraction of sp³-hybridized carbons (Fsp3) is 0.320. The number of nitrogens with zero attached hydrogens (tertiary/aromatic N) is 4. The molecule has 0 atom stereocenters. The van der Waals surface area contributed by atoms with Gasteiger partial charge in [0.15, 0.2) is 5.13 Å². The maximum absolute atomic E-state index is 13.5. The van der Waals surface area contributed by atoms with Crippen molar-refractivity contribution in [3.8, 4) is 0 Å². The molecular formula is C25H28N4OS. The molecule has 0 bridgehead atoms. The molecule has 0 saturated heterocycles. The van der Waals surface area contributed by atoms with Gasteiger partial charge < -0.3 is 4.57 Å². The fourth-order valence-electron chi connectivity index (χ4n) is 3.52. The summed E-state index contributed by atoms with van der Waals surface area (Å²) in [4.78, 5) is 24.2. The highest BCUT2D eigenvalue weighted by molar-refractivity contribution is 7.22. The lowest BCUT2D eigenvalue weighted by atomic mass is 9.86. The summed E-state index contributed by atoms with van der Waals surface area (Å²) in [5.41, 5.74) is 4.08. The molecule has 0 N–H and O–H groups in total. The Kier molecular flexibility index (Phi) is 5.92. The summed E-state index contributed by atoms with van der Waals surface area (Å²) in [6, 6.07) is 14.2. The SMILES string of the molecule is Cc1ccc2nc(N(CCCn3ccnc3)C(=O)c3ccc(C(C)(C)C)cc3)sc2c1. The molecule has 2 aromatic heterocycles. The Balaban J connectivity index is 1.62. The Bertz CT molecular complexity index is 1170. The lowest BCUT2D eigenvalue weighted by molar-refractivity contribution is 0.0986. The molecule has 0 fully saturated rings. The van der Waals surface area contributed by atoms with Crippen molar-refractivity contribution in [2.75, 3.05) is 11.4 Å². The second-order valence-corrected chi connectivity index (χ2v) is 9.91. The van der Waals surface area contributed by atoms with Crippen molar-refractivity contribution >= 4 is 32.6 Å². The van der Waals surface area contributed by atoms with E-state index in [-0.39, 0.29) is 11.3 Å². The number of benzene rings is 2. The summed E-state index contributed by atoms with van der Waals surface area (Å²) in [5.74, 6) is -0.0122. The van der Waals surface area contributed by atoms with Gasteiger partial charge in [-0.2, -0.15) is 0 Å². The number of fused-ring (bicyclic) bond motifs is 1. The average Bonchev–Trinajstić information content (AvgIpc) is 3.39. The van der Waals surface area contributed by atoms with Gasteiger partial charge in [-0.25, -0.2) is 9.97 Å². The van der Waals surface area contributed by atoms with Crippen molar-refractivity contribution < 1.29 is 4.79 Å². The number of anilines is 1. The third kappa shape index (κ3) is 4.85. The number of aromatic nitrogens is 3. The van der Waals surface area contributed by atoms with E-state index in [0.29, 0.717) is 12.1 Å². The highest BCUT2D eigenvalue weighted by Crippen LogP contribution is 2.31. The van der Waals surface area contributed by atoms with E-state index in [9.17, 15) is 4.79 Å². The minimum Gasteiger partial charge on any atom is -0.337 e. The van der Waals surface area contributed by atoms with E-state index in [0.717, 1.165) is 28.3 Å². The first-order valence-corrected chi connectivity index (χ1v) is 11.4. The first-order chi connectivity index (χ1) is 14.8. The first-order valence-electron chi connectivity index (χ1n) is 10.6. The van der Waals surface area contributed by atoms with Gasteiger partial charge in [-0.05, 0) is 54.2 Å². The molecule has 31 heavy (non-hydrogen) atoms. The van der Waals surface area contributed by atoms with Crippen LogP contribution in [-0.2, 0) is 12.0 Å². The Morgan fingerprint density at radius 2 is 1.90 bits per heavy atom. The van der Waals surface area contributed by atoms with Gasteiger partial charge in [0.1, 0.15) is 0 Å².